The van der Waals surface area contributed by atoms with Crippen molar-refractivity contribution in [3.63, 3.8) is 0 Å². The van der Waals surface area contributed by atoms with Gasteiger partial charge in [0.05, 0.1) is 22.0 Å². The van der Waals surface area contributed by atoms with E-state index in [-0.39, 0.29) is 10.7 Å². The van der Waals surface area contributed by atoms with Gasteiger partial charge in [-0.15, -0.1) is 0 Å². The molecule has 152 valence electrons. The van der Waals surface area contributed by atoms with E-state index in [9.17, 15) is 8.42 Å². The summed E-state index contributed by atoms with van der Waals surface area (Å²) in [4.78, 5) is 9.09. The highest BCUT2D eigenvalue weighted by molar-refractivity contribution is 7.92. The molecule has 2 aromatic carbocycles. The summed E-state index contributed by atoms with van der Waals surface area (Å²) >= 11 is 0. The predicted octanol–water partition coefficient (Wildman–Crippen LogP) is 4.23. The highest BCUT2D eigenvalue weighted by atomic mass is 32.2. The molecule has 0 spiro atoms. The Morgan fingerprint density at radius 2 is 1.63 bits per heavy atom. The van der Waals surface area contributed by atoms with Gasteiger partial charge in [0.15, 0.2) is 21.4 Å². The zero-order chi connectivity index (χ0) is 21.3. The molecule has 8 heteroatoms. The van der Waals surface area contributed by atoms with Gasteiger partial charge in [-0.3, -0.25) is 0 Å². The molecule has 30 heavy (non-hydrogen) atoms. The van der Waals surface area contributed by atoms with Gasteiger partial charge < -0.3 is 10.3 Å². The highest BCUT2D eigenvalue weighted by Gasteiger charge is 2.19. The van der Waals surface area contributed by atoms with Crippen molar-refractivity contribution in [2.24, 2.45) is 0 Å². The number of nitrogens with two attached hydrogens (primary N) is 1. The van der Waals surface area contributed by atoms with Crippen LogP contribution in [0.15, 0.2) is 76.3 Å². The number of aromatic nitrogens is 3. The van der Waals surface area contributed by atoms with E-state index in [0.717, 1.165) is 11.1 Å². The standard InChI is InChI=1S/C22H20N4O3S/c1-14(2)30(27,28)17-10-8-15(9-11-17)19-13-24-22(23)21(25-19)18-12-20(29-26-18)16-6-4-3-5-7-16/h3-14H,1-2H3,(H2,23,24). The van der Waals surface area contributed by atoms with E-state index in [1.54, 1.807) is 50.4 Å². The first-order chi connectivity index (χ1) is 14.4. The molecule has 0 fully saturated rings. The van der Waals surface area contributed by atoms with Crippen LogP contribution in [0.2, 0.25) is 0 Å². The van der Waals surface area contributed by atoms with E-state index in [1.807, 2.05) is 30.3 Å². The fraction of sp³-hybridized carbons (Fsp3) is 0.136. The molecule has 0 aliphatic rings. The van der Waals surface area contributed by atoms with E-state index in [1.165, 1.54) is 0 Å². The van der Waals surface area contributed by atoms with E-state index >= 15 is 0 Å². The third-order valence-electron chi connectivity index (χ3n) is 4.71. The van der Waals surface area contributed by atoms with Crippen molar-refractivity contribution in [3.8, 4) is 34.0 Å². The quantitative estimate of drug-likeness (QED) is 0.514. The van der Waals surface area contributed by atoms with Crippen molar-refractivity contribution < 1.29 is 12.9 Å². The second kappa shape index (κ2) is 7.72. The van der Waals surface area contributed by atoms with Crippen LogP contribution in [0, 0.1) is 0 Å². The average Bonchev–Trinajstić information content (AvgIpc) is 3.25. The van der Waals surface area contributed by atoms with E-state index in [0.29, 0.717) is 22.8 Å². The zero-order valence-corrected chi connectivity index (χ0v) is 17.3. The normalized spacial score (nSPS) is 11.7. The third kappa shape index (κ3) is 3.69. The second-order valence-corrected chi connectivity index (χ2v) is 9.55. The van der Waals surface area contributed by atoms with Crippen molar-refractivity contribution in [3.05, 3.63) is 66.9 Å². The summed E-state index contributed by atoms with van der Waals surface area (Å²) in [5.41, 5.74) is 9.06. The van der Waals surface area contributed by atoms with Gasteiger partial charge in [0.2, 0.25) is 0 Å². The van der Waals surface area contributed by atoms with Crippen LogP contribution >= 0.6 is 0 Å². The lowest BCUT2D eigenvalue weighted by Crippen LogP contribution is -2.13. The Kier molecular flexibility index (Phi) is 5.09. The Balaban J connectivity index is 1.69. The monoisotopic (exact) mass is 420 g/mol. The SMILES string of the molecule is CC(C)S(=O)(=O)c1ccc(-c2cnc(N)c(-c3cc(-c4ccccc4)on3)n2)cc1. The van der Waals surface area contributed by atoms with Crippen LogP contribution in [-0.4, -0.2) is 28.8 Å². The largest absolute Gasteiger partial charge is 0.382 e. The highest BCUT2D eigenvalue weighted by Crippen LogP contribution is 2.29. The molecule has 0 aliphatic heterocycles. The lowest BCUT2D eigenvalue weighted by molar-refractivity contribution is 0.434. The summed E-state index contributed by atoms with van der Waals surface area (Å²) < 4.78 is 30.1. The van der Waals surface area contributed by atoms with Crippen LogP contribution in [-0.2, 0) is 9.84 Å². The van der Waals surface area contributed by atoms with Crippen LogP contribution in [0.1, 0.15) is 13.8 Å². The maximum atomic E-state index is 12.3. The second-order valence-electron chi connectivity index (χ2n) is 7.05. The van der Waals surface area contributed by atoms with E-state index < -0.39 is 15.1 Å². The molecule has 4 aromatic rings. The first-order valence-electron chi connectivity index (χ1n) is 9.35. The van der Waals surface area contributed by atoms with E-state index in [2.05, 4.69) is 15.1 Å². The van der Waals surface area contributed by atoms with Gasteiger partial charge in [-0.1, -0.05) is 47.6 Å². The summed E-state index contributed by atoms with van der Waals surface area (Å²) in [5.74, 6) is 0.825. The van der Waals surface area contributed by atoms with Crippen molar-refractivity contribution in [2.45, 2.75) is 24.0 Å². The predicted molar refractivity (Wildman–Crippen MR) is 115 cm³/mol. The van der Waals surface area contributed by atoms with Crippen molar-refractivity contribution >= 4 is 15.7 Å². The Bertz CT molecular complexity index is 1280. The summed E-state index contributed by atoms with van der Waals surface area (Å²) in [6, 6.07) is 17.9. The smallest absolute Gasteiger partial charge is 0.180 e. The van der Waals surface area contributed by atoms with Gasteiger partial charge in [-0.05, 0) is 26.0 Å². The molecule has 0 bridgehead atoms. The summed E-state index contributed by atoms with van der Waals surface area (Å²) in [5, 5.41) is 3.60. The Morgan fingerprint density at radius 1 is 0.933 bits per heavy atom. The van der Waals surface area contributed by atoms with Crippen molar-refractivity contribution in [2.75, 3.05) is 5.73 Å². The molecule has 7 nitrogen and oxygen atoms in total. The number of sulfone groups is 1. The molecule has 2 aromatic heterocycles. The van der Waals surface area contributed by atoms with Crippen LogP contribution < -0.4 is 5.73 Å². The Morgan fingerprint density at radius 3 is 2.30 bits per heavy atom. The molecule has 0 aliphatic carbocycles. The number of hydrogen-bond donors (Lipinski definition) is 1. The summed E-state index contributed by atoms with van der Waals surface area (Å²) in [7, 11) is -3.34. The first-order valence-corrected chi connectivity index (χ1v) is 10.9. The van der Waals surface area contributed by atoms with Crippen LogP contribution in [0.4, 0.5) is 5.82 Å². The zero-order valence-electron chi connectivity index (χ0n) is 16.5. The molecule has 2 heterocycles. The molecule has 0 saturated carbocycles. The number of nitrogen functional groups attached to an aromatic ring is 1. The van der Waals surface area contributed by atoms with Crippen molar-refractivity contribution in [1.29, 1.82) is 0 Å². The number of nitrogens with zero attached hydrogens (tertiary/aromatic N) is 3. The molecular formula is C22H20N4O3S. The van der Waals surface area contributed by atoms with Gasteiger partial charge in [-0.25, -0.2) is 18.4 Å². The maximum Gasteiger partial charge on any atom is 0.180 e. The molecule has 0 saturated heterocycles. The van der Waals surface area contributed by atoms with Crippen LogP contribution in [0.5, 0.6) is 0 Å². The minimum atomic E-state index is -3.34. The van der Waals surface area contributed by atoms with Gasteiger partial charge in [0.25, 0.3) is 0 Å². The first kappa shape index (κ1) is 19.8. The summed E-state index contributed by atoms with van der Waals surface area (Å²) in [6.07, 6.45) is 1.54. The Labute approximate surface area is 174 Å². The Hall–Kier alpha value is -3.52. The van der Waals surface area contributed by atoms with Gasteiger partial charge >= 0.3 is 0 Å². The van der Waals surface area contributed by atoms with Crippen LogP contribution in [0.25, 0.3) is 34.0 Å². The van der Waals surface area contributed by atoms with Crippen molar-refractivity contribution in [1.82, 2.24) is 15.1 Å². The number of anilines is 1. The lowest BCUT2D eigenvalue weighted by atomic mass is 10.1. The summed E-state index contributed by atoms with van der Waals surface area (Å²) in [6.45, 7) is 3.31. The molecule has 2 N–H and O–H groups in total. The maximum absolute atomic E-state index is 12.3. The fourth-order valence-electron chi connectivity index (χ4n) is 2.94. The average molecular weight is 420 g/mol. The lowest BCUT2D eigenvalue weighted by Gasteiger charge is -2.09. The molecule has 0 atom stereocenters. The molecule has 4 rings (SSSR count). The number of benzene rings is 2. The molecule has 0 unspecified atom stereocenters. The van der Waals surface area contributed by atoms with Gasteiger partial charge in [0, 0.05) is 17.2 Å². The van der Waals surface area contributed by atoms with E-state index in [4.69, 9.17) is 10.3 Å². The molecule has 0 radical (unpaired) electrons. The molecular weight excluding hydrogens is 400 g/mol. The van der Waals surface area contributed by atoms with Gasteiger partial charge in [-0.2, -0.15) is 0 Å². The minimum Gasteiger partial charge on any atom is -0.382 e. The van der Waals surface area contributed by atoms with Gasteiger partial charge in [0.1, 0.15) is 11.4 Å². The number of rotatable bonds is 5. The van der Waals surface area contributed by atoms with Crippen LogP contribution in [0.3, 0.4) is 0 Å². The molecule has 0 amide bonds. The minimum absolute atomic E-state index is 0.227. The fourth-order valence-corrected chi connectivity index (χ4v) is 4.00. The number of hydrogen-bond acceptors (Lipinski definition) is 7. The topological polar surface area (TPSA) is 112 Å². The third-order valence-corrected chi connectivity index (χ3v) is 6.88.